The predicted molar refractivity (Wildman–Crippen MR) is 151 cm³/mol. The number of barbiturate groups is 1. The van der Waals surface area contributed by atoms with Crippen LogP contribution in [0.2, 0.25) is 5.02 Å². The Balaban J connectivity index is 1.81. The molecule has 0 unspecified atom stereocenters. The molecule has 1 N–H and O–H groups in total. The average molecular weight is 581 g/mol. The van der Waals surface area contributed by atoms with Gasteiger partial charge in [0.25, 0.3) is 11.8 Å². The molecule has 1 heterocycles. The molecule has 4 amide bonds. The van der Waals surface area contributed by atoms with E-state index in [1.54, 1.807) is 62.4 Å². The Kier molecular flexibility index (Phi) is 8.41. The molecule has 1 aliphatic heterocycles. The summed E-state index contributed by atoms with van der Waals surface area (Å²) in [7, 11) is -4.21. The van der Waals surface area contributed by atoms with Crippen LogP contribution in [-0.4, -0.2) is 32.9 Å². The maximum absolute atomic E-state index is 13.4. The van der Waals surface area contributed by atoms with Crippen molar-refractivity contribution in [1.82, 2.24) is 5.32 Å². The topological polar surface area (TPSA) is 119 Å². The Bertz CT molecular complexity index is 1650. The van der Waals surface area contributed by atoms with Crippen LogP contribution < -0.4 is 19.1 Å². The van der Waals surface area contributed by atoms with Gasteiger partial charge in [0, 0.05) is 10.6 Å². The first kappa shape index (κ1) is 28.6. The number of anilines is 1. The van der Waals surface area contributed by atoms with E-state index in [9.17, 15) is 22.8 Å². The van der Waals surface area contributed by atoms with E-state index in [0.29, 0.717) is 21.7 Å². The van der Waals surface area contributed by atoms with Crippen LogP contribution in [0.4, 0.5) is 10.5 Å². The molecule has 0 atom stereocenters. The molecule has 206 valence electrons. The SMILES string of the molecule is C=CCc1cc(/C=C2\C(=O)NC(=O)N(c3cccc(Cl)c3C)C2=O)cc(OCC)c1OS(=O)(=O)c1ccccc1. The lowest BCUT2D eigenvalue weighted by molar-refractivity contribution is -0.122. The van der Waals surface area contributed by atoms with Gasteiger partial charge < -0.3 is 8.92 Å². The van der Waals surface area contributed by atoms with E-state index < -0.39 is 28.0 Å². The molecular weight excluding hydrogens is 556 g/mol. The molecule has 1 fully saturated rings. The molecule has 40 heavy (non-hydrogen) atoms. The van der Waals surface area contributed by atoms with Crippen LogP contribution >= 0.6 is 11.6 Å². The van der Waals surface area contributed by atoms with Crippen LogP contribution in [0.25, 0.3) is 6.08 Å². The van der Waals surface area contributed by atoms with E-state index in [1.807, 2.05) is 0 Å². The highest BCUT2D eigenvalue weighted by molar-refractivity contribution is 7.87. The summed E-state index contributed by atoms with van der Waals surface area (Å²) < 4.78 is 37.2. The second kappa shape index (κ2) is 11.8. The Morgan fingerprint density at radius 3 is 2.45 bits per heavy atom. The summed E-state index contributed by atoms with van der Waals surface area (Å²) in [6.45, 7) is 7.26. The van der Waals surface area contributed by atoms with Gasteiger partial charge in [-0.1, -0.05) is 41.9 Å². The zero-order valence-corrected chi connectivity index (χ0v) is 23.2. The van der Waals surface area contributed by atoms with Crippen molar-refractivity contribution in [1.29, 1.82) is 0 Å². The maximum atomic E-state index is 13.4. The number of hydrogen-bond donors (Lipinski definition) is 1. The van der Waals surface area contributed by atoms with Crippen molar-refractivity contribution in [3.63, 3.8) is 0 Å². The van der Waals surface area contributed by atoms with Gasteiger partial charge in [-0.05, 0) is 73.9 Å². The van der Waals surface area contributed by atoms with Crippen LogP contribution in [-0.2, 0) is 26.1 Å². The van der Waals surface area contributed by atoms with Gasteiger partial charge >= 0.3 is 16.1 Å². The summed E-state index contributed by atoms with van der Waals surface area (Å²) in [5.41, 5.74) is 1.10. The second-order valence-electron chi connectivity index (χ2n) is 8.63. The molecule has 0 bridgehead atoms. The molecule has 1 saturated heterocycles. The largest absolute Gasteiger partial charge is 0.490 e. The van der Waals surface area contributed by atoms with E-state index in [1.165, 1.54) is 24.3 Å². The number of nitrogens with zero attached hydrogens (tertiary/aromatic N) is 1. The van der Waals surface area contributed by atoms with Gasteiger partial charge in [-0.2, -0.15) is 8.42 Å². The smallest absolute Gasteiger partial charge is 0.339 e. The Morgan fingerprint density at radius 2 is 1.77 bits per heavy atom. The van der Waals surface area contributed by atoms with E-state index in [0.717, 1.165) is 4.90 Å². The van der Waals surface area contributed by atoms with Gasteiger partial charge in [-0.25, -0.2) is 9.69 Å². The molecule has 11 heteroatoms. The summed E-state index contributed by atoms with van der Waals surface area (Å²) >= 11 is 6.19. The quantitative estimate of drug-likeness (QED) is 0.160. The lowest BCUT2D eigenvalue weighted by atomic mass is 10.0. The number of urea groups is 1. The Morgan fingerprint density at radius 1 is 1.05 bits per heavy atom. The fourth-order valence-corrected chi connectivity index (χ4v) is 5.22. The lowest BCUT2D eigenvalue weighted by Gasteiger charge is -2.27. The number of imide groups is 2. The van der Waals surface area contributed by atoms with E-state index in [4.69, 9.17) is 20.5 Å². The maximum Gasteiger partial charge on any atom is 0.339 e. The minimum Gasteiger partial charge on any atom is -0.490 e. The highest BCUT2D eigenvalue weighted by atomic mass is 35.5. The Labute approximate surface area is 236 Å². The number of rotatable bonds is 9. The molecule has 3 aromatic rings. The van der Waals surface area contributed by atoms with Gasteiger partial charge in [-0.15, -0.1) is 6.58 Å². The Hall–Kier alpha value is -4.41. The monoisotopic (exact) mass is 580 g/mol. The van der Waals surface area contributed by atoms with Crippen LogP contribution in [0.15, 0.2) is 83.8 Å². The normalized spacial score (nSPS) is 14.7. The van der Waals surface area contributed by atoms with Crippen molar-refractivity contribution in [2.45, 2.75) is 25.2 Å². The van der Waals surface area contributed by atoms with Gasteiger partial charge in [-0.3, -0.25) is 14.9 Å². The molecule has 0 spiro atoms. The first-order chi connectivity index (χ1) is 19.1. The number of amides is 4. The number of halogens is 1. The second-order valence-corrected chi connectivity index (χ2v) is 10.6. The molecule has 0 aliphatic carbocycles. The zero-order chi connectivity index (χ0) is 29.0. The van der Waals surface area contributed by atoms with Gasteiger partial charge in [0.2, 0.25) is 0 Å². The van der Waals surface area contributed by atoms with E-state index >= 15 is 0 Å². The highest BCUT2D eigenvalue weighted by Crippen LogP contribution is 2.37. The number of nitrogens with one attached hydrogen (secondary N) is 1. The number of ether oxygens (including phenoxy) is 1. The minimum atomic E-state index is -4.21. The van der Waals surface area contributed by atoms with Crippen LogP contribution in [0, 0.1) is 6.92 Å². The summed E-state index contributed by atoms with van der Waals surface area (Å²) in [6.07, 6.45) is 3.02. The van der Waals surface area contributed by atoms with Crippen LogP contribution in [0.3, 0.4) is 0 Å². The van der Waals surface area contributed by atoms with Gasteiger partial charge in [0.05, 0.1) is 12.3 Å². The standard InChI is InChI=1S/C29H25ClN2O7S/c1-4-10-20-15-19(17-25(38-5-2)26(20)39-40(36,37)21-11-7-6-8-12-21)16-22-27(33)31-29(35)32(28(22)34)24-14-9-13-23(30)18(24)3/h4,6-9,11-17H,1,5,10H2,2-3H3,(H,31,33,35)/b22-16+. The first-order valence-electron chi connectivity index (χ1n) is 12.1. The molecule has 1 aliphatic rings. The van der Waals surface area contributed by atoms with Crippen LogP contribution in [0.5, 0.6) is 11.5 Å². The summed E-state index contributed by atoms with van der Waals surface area (Å²) in [6, 6.07) is 14.5. The third-order valence-electron chi connectivity index (χ3n) is 5.94. The van der Waals surface area contributed by atoms with Crippen molar-refractivity contribution >= 4 is 51.3 Å². The fraction of sp³-hybridized carbons (Fsp3) is 0.138. The van der Waals surface area contributed by atoms with E-state index in [-0.39, 0.29) is 40.7 Å². The molecule has 3 aromatic carbocycles. The van der Waals surface area contributed by atoms with Gasteiger partial charge in [0.1, 0.15) is 10.5 Å². The molecule has 0 aromatic heterocycles. The summed E-state index contributed by atoms with van der Waals surface area (Å²) in [5.74, 6) is -1.70. The highest BCUT2D eigenvalue weighted by Gasteiger charge is 2.37. The average Bonchev–Trinajstić information content (AvgIpc) is 2.91. The summed E-state index contributed by atoms with van der Waals surface area (Å²) in [5, 5.41) is 2.52. The minimum absolute atomic E-state index is 0.0428. The molecule has 4 rings (SSSR count). The third kappa shape index (κ3) is 5.78. The van der Waals surface area contributed by atoms with E-state index in [2.05, 4.69) is 11.9 Å². The zero-order valence-electron chi connectivity index (χ0n) is 21.6. The number of benzene rings is 3. The third-order valence-corrected chi connectivity index (χ3v) is 7.58. The number of allylic oxidation sites excluding steroid dienone is 1. The van der Waals surface area contributed by atoms with Gasteiger partial charge in [0.15, 0.2) is 11.5 Å². The predicted octanol–water partition coefficient (Wildman–Crippen LogP) is 5.21. The molecular formula is C29H25ClN2O7S. The molecule has 0 radical (unpaired) electrons. The number of hydrogen-bond acceptors (Lipinski definition) is 7. The van der Waals surface area contributed by atoms with Crippen LogP contribution in [0.1, 0.15) is 23.6 Å². The first-order valence-corrected chi connectivity index (χ1v) is 13.9. The summed E-state index contributed by atoms with van der Waals surface area (Å²) in [4.78, 5) is 39.6. The molecule has 9 nitrogen and oxygen atoms in total. The molecule has 0 saturated carbocycles. The van der Waals surface area contributed by atoms with Crippen molar-refractivity contribution in [2.24, 2.45) is 0 Å². The van der Waals surface area contributed by atoms with Crippen molar-refractivity contribution in [3.8, 4) is 11.5 Å². The fourth-order valence-electron chi connectivity index (χ4n) is 4.06. The number of carbonyl (C=O) groups is 3. The number of carbonyl (C=O) groups excluding carboxylic acids is 3. The van der Waals surface area contributed by atoms with Crippen molar-refractivity contribution in [2.75, 3.05) is 11.5 Å². The van der Waals surface area contributed by atoms with Crippen molar-refractivity contribution in [3.05, 3.63) is 101 Å². The lowest BCUT2D eigenvalue weighted by Crippen LogP contribution is -2.54. The van der Waals surface area contributed by atoms with Crippen molar-refractivity contribution < 1.29 is 31.7 Å².